The largest absolute Gasteiger partial charge is 0.453 e. The number of amides is 1. The second-order valence-corrected chi connectivity index (χ2v) is 6.38. The lowest BCUT2D eigenvalue weighted by atomic mass is 10.2. The van der Waals surface area contributed by atoms with Crippen molar-refractivity contribution in [2.75, 3.05) is 5.32 Å². The number of ether oxygens (including phenoxy) is 1. The van der Waals surface area contributed by atoms with Crippen molar-refractivity contribution in [1.29, 1.82) is 0 Å². The van der Waals surface area contributed by atoms with Crippen LogP contribution < -0.4 is 5.32 Å². The maximum atomic E-state index is 11.9. The van der Waals surface area contributed by atoms with E-state index in [0.29, 0.717) is 17.3 Å². The number of hydrogen-bond acceptors (Lipinski definition) is 5. The van der Waals surface area contributed by atoms with Crippen LogP contribution in [0.4, 0.5) is 5.82 Å². The number of aromatic nitrogens is 1. The quantitative estimate of drug-likeness (QED) is 0.771. The number of esters is 1. The number of nitrogens with one attached hydrogen (secondary N) is 1. The molecule has 0 radical (unpaired) electrons. The summed E-state index contributed by atoms with van der Waals surface area (Å²) in [7, 11) is 0. The fourth-order valence-corrected chi connectivity index (χ4v) is 2.71. The Hall–Kier alpha value is -1.92. The molecule has 0 bridgehead atoms. The maximum Gasteiger partial charge on any atom is 0.306 e. The van der Waals surface area contributed by atoms with E-state index in [9.17, 15) is 9.59 Å². The van der Waals surface area contributed by atoms with E-state index < -0.39 is 12.0 Å². The molecule has 0 aromatic carbocycles. The third-order valence-electron chi connectivity index (χ3n) is 3.04. The summed E-state index contributed by atoms with van der Waals surface area (Å²) < 4.78 is 5.13. The summed E-state index contributed by atoms with van der Waals surface area (Å²) in [5.74, 6) is -0.445. The van der Waals surface area contributed by atoms with Crippen LogP contribution in [0.2, 0.25) is 5.02 Å². The molecule has 2 aromatic rings. The average Bonchev–Trinajstić information content (AvgIpc) is 3.02. The van der Waals surface area contributed by atoms with Crippen molar-refractivity contribution in [3.05, 3.63) is 45.7 Å². The molecule has 0 unspecified atom stereocenters. The van der Waals surface area contributed by atoms with Gasteiger partial charge < -0.3 is 10.1 Å². The highest BCUT2D eigenvalue weighted by molar-refractivity contribution is 7.09. The van der Waals surface area contributed by atoms with Crippen LogP contribution in [0, 0.1) is 0 Å². The standard InChI is InChI=1S/C16H17ClN2O3S/c1-11(16(21)19-14-8-7-12(17)10-18-14)22-15(20)6-2-4-13-5-3-9-23-13/h3,5,7-11H,2,4,6H2,1H3,(H,18,19,21)/t11-/m0/s1. The first-order valence-electron chi connectivity index (χ1n) is 7.19. The van der Waals surface area contributed by atoms with Crippen LogP contribution in [-0.4, -0.2) is 23.0 Å². The predicted molar refractivity (Wildman–Crippen MR) is 90.7 cm³/mol. The van der Waals surface area contributed by atoms with E-state index in [2.05, 4.69) is 10.3 Å². The van der Waals surface area contributed by atoms with Gasteiger partial charge in [0.25, 0.3) is 5.91 Å². The van der Waals surface area contributed by atoms with Crippen LogP contribution in [-0.2, 0) is 20.7 Å². The van der Waals surface area contributed by atoms with Gasteiger partial charge in [-0.05, 0) is 43.3 Å². The summed E-state index contributed by atoms with van der Waals surface area (Å²) in [5.41, 5.74) is 0. The fraction of sp³-hybridized carbons (Fsp3) is 0.312. The van der Waals surface area contributed by atoms with Gasteiger partial charge in [0.05, 0.1) is 5.02 Å². The molecular weight excluding hydrogens is 336 g/mol. The summed E-state index contributed by atoms with van der Waals surface area (Å²) in [6.45, 7) is 1.53. The summed E-state index contributed by atoms with van der Waals surface area (Å²) in [4.78, 5) is 28.9. The Morgan fingerprint density at radius 2 is 2.22 bits per heavy atom. The Morgan fingerprint density at radius 3 is 2.87 bits per heavy atom. The summed E-state index contributed by atoms with van der Waals surface area (Å²) in [6, 6.07) is 7.21. The molecule has 0 saturated heterocycles. The zero-order valence-corrected chi connectivity index (χ0v) is 14.2. The minimum atomic E-state index is -0.873. The van der Waals surface area contributed by atoms with E-state index >= 15 is 0 Å². The second kappa shape index (κ2) is 8.64. The zero-order chi connectivity index (χ0) is 16.7. The van der Waals surface area contributed by atoms with E-state index in [1.165, 1.54) is 18.0 Å². The Morgan fingerprint density at radius 1 is 1.39 bits per heavy atom. The number of halogens is 1. The number of thiophene rings is 1. The first-order valence-corrected chi connectivity index (χ1v) is 8.44. The van der Waals surface area contributed by atoms with E-state index in [1.54, 1.807) is 23.5 Å². The SMILES string of the molecule is C[C@H](OC(=O)CCCc1cccs1)C(=O)Nc1ccc(Cl)cn1. The minimum absolute atomic E-state index is 0.286. The molecule has 5 nitrogen and oxygen atoms in total. The third kappa shape index (κ3) is 6.00. The van der Waals surface area contributed by atoms with Gasteiger partial charge in [-0.3, -0.25) is 9.59 Å². The summed E-state index contributed by atoms with van der Waals surface area (Å²) in [5, 5.41) is 5.05. The topological polar surface area (TPSA) is 68.3 Å². The van der Waals surface area contributed by atoms with Crippen LogP contribution in [0.3, 0.4) is 0 Å². The van der Waals surface area contributed by atoms with Crippen molar-refractivity contribution in [1.82, 2.24) is 4.98 Å². The summed E-state index contributed by atoms with van der Waals surface area (Å²) >= 11 is 7.38. The Bertz CT molecular complexity index is 644. The number of nitrogens with zero attached hydrogens (tertiary/aromatic N) is 1. The van der Waals surface area contributed by atoms with Gasteiger partial charge in [-0.25, -0.2) is 4.98 Å². The van der Waals surface area contributed by atoms with Crippen molar-refractivity contribution < 1.29 is 14.3 Å². The highest BCUT2D eigenvalue weighted by Crippen LogP contribution is 2.13. The molecule has 7 heteroatoms. The molecule has 2 rings (SSSR count). The van der Waals surface area contributed by atoms with Gasteiger partial charge in [0.15, 0.2) is 6.10 Å². The van der Waals surface area contributed by atoms with E-state index in [1.807, 2.05) is 17.5 Å². The lowest BCUT2D eigenvalue weighted by Crippen LogP contribution is -2.30. The summed E-state index contributed by atoms with van der Waals surface area (Å²) in [6.07, 6.45) is 2.38. The molecule has 122 valence electrons. The van der Waals surface area contributed by atoms with Crippen LogP contribution in [0.15, 0.2) is 35.8 Å². The number of hydrogen-bond donors (Lipinski definition) is 1. The molecule has 0 aliphatic carbocycles. The molecule has 1 atom stereocenters. The molecule has 2 aromatic heterocycles. The maximum absolute atomic E-state index is 11.9. The Balaban J connectivity index is 1.71. The first kappa shape index (κ1) is 17.4. The fourth-order valence-electron chi connectivity index (χ4n) is 1.85. The van der Waals surface area contributed by atoms with Crippen molar-refractivity contribution in [2.45, 2.75) is 32.3 Å². The molecule has 0 aliphatic heterocycles. The van der Waals surface area contributed by atoms with Crippen LogP contribution in [0.1, 0.15) is 24.6 Å². The minimum Gasteiger partial charge on any atom is -0.453 e. The van der Waals surface area contributed by atoms with Crippen LogP contribution in [0.5, 0.6) is 0 Å². The molecule has 2 heterocycles. The van der Waals surface area contributed by atoms with Crippen LogP contribution >= 0.6 is 22.9 Å². The normalized spacial score (nSPS) is 11.7. The number of aryl methyl sites for hydroxylation is 1. The molecule has 0 saturated carbocycles. The molecule has 0 spiro atoms. The number of anilines is 1. The highest BCUT2D eigenvalue weighted by Gasteiger charge is 2.18. The van der Waals surface area contributed by atoms with Gasteiger partial charge in [-0.2, -0.15) is 0 Å². The number of pyridine rings is 1. The first-order chi connectivity index (χ1) is 11.0. The van der Waals surface area contributed by atoms with Crippen molar-refractivity contribution >= 4 is 40.6 Å². The van der Waals surface area contributed by atoms with Crippen molar-refractivity contribution in [2.24, 2.45) is 0 Å². The number of rotatable bonds is 7. The van der Waals surface area contributed by atoms with Gasteiger partial charge in [0.1, 0.15) is 5.82 Å². The van der Waals surface area contributed by atoms with Gasteiger partial charge in [0.2, 0.25) is 0 Å². The average molecular weight is 353 g/mol. The molecule has 23 heavy (non-hydrogen) atoms. The Kier molecular flexibility index (Phi) is 6.55. The van der Waals surface area contributed by atoms with Gasteiger partial charge in [0, 0.05) is 17.5 Å². The predicted octanol–water partition coefficient (Wildman–Crippen LogP) is 3.69. The second-order valence-electron chi connectivity index (χ2n) is 4.92. The zero-order valence-electron chi connectivity index (χ0n) is 12.6. The van der Waals surface area contributed by atoms with Gasteiger partial charge >= 0.3 is 5.97 Å². The monoisotopic (exact) mass is 352 g/mol. The highest BCUT2D eigenvalue weighted by atomic mass is 35.5. The van der Waals surface area contributed by atoms with Gasteiger partial charge in [-0.15, -0.1) is 11.3 Å². The molecule has 0 fully saturated rings. The molecule has 1 amide bonds. The molecule has 0 aliphatic rings. The van der Waals surface area contributed by atoms with Gasteiger partial charge in [-0.1, -0.05) is 17.7 Å². The molecular formula is C16H17ClN2O3S. The number of carbonyl (C=O) groups excluding carboxylic acids is 2. The van der Waals surface area contributed by atoms with E-state index in [0.717, 1.165) is 6.42 Å². The smallest absolute Gasteiger partial charge is 0.306 e. The lowest BCUT2D eigenvalue weighted by Gasteiger charge is -2.13. The van der Waals surface area contributed by atoms with Crippen molar-refractivity contribution in [3.8, 4) is 0 Å². The molecule has 1 N–H and O–H groups in total. The third-order valence-corrected chi connectivity index (χ3v) is 4.20. The van der Waals surface area contributed by atoms with E-state index in [-0.39, 0.29) is 12.4 Å². The van der Waals surface area contributed by atoms with Crippen LogP contribution in [0.25, 0.3) is 0 Å². The Labute approximate surface area is 143 Å². The number of carbonyl (C=O) groups is 2. The lowest BCUT2D eigenvalue weighted by molar-refractivity contribution is -0.153. The van der Waals surface area contributed by atoms with Crippen molar-refractivity contribution in [3.63, 3.8) is 0 Å². The van der Waals surface area contributed by atoms with E-state index in [4.69, 9.17) is 16.3 Å².